The quantitative estimate of drug-likeness (QED) is 0.110. The van der Waals surface area contributed by atoms with Crippen LogP contribution in [-0.4, -0.2) is 96.0 Å². The molecule has 3 fully saturated rings. The maximum atomic E-state index is 15.6. The Hall–Kier alpha value is -1.49. The van der Waals surface area contributed by atoms with E-state index in [9.17, 15) is 15.0 Å². The first kappa shape index (κ1) is 42.6. The number of fused-ring (bicyclic) bond motifs is 5. The number of Topliss-reactive ketones (excluding diaryl/α,β-unsaturated/α-hetero) is 1. The first-order valence-electron chi connectivity index (χ1n) is 20.2. The molecule has 0 aromatic heterocycles. The summed E-state index contributed by atoms with van der Waals surface area (Å²) in [5.41, 5.74) is -3.58. The third-order valence-corrected chi connectivity index (χ3v) is 24.7. The monoisotopic (exact) mass is 787 g/mol. The average molecular weight is 788 g/mol. The average Bonchev–Trinajstić information content (AvgIpc) is 3.13. The van der Waals surface area contributed by atoms with Crippen molar-refractivity contribution < 1.29 is 42.6 Å². The smallest absolute Gasteiger partial charge is 0.338 e. The molecule has 1 aromatic rings. The van der Waals surface area contributed by atoms with E-state index in [0.29, 0.717) is 24.0 Å². The molecule has 9 atom stereocenters. The molecule has 2 N–H and O–H groups in total. The summed E-state index contributed by atoms with van der Waals surface area (Å²) in [5, 5.41) is 25.8. The summed E-state index contributed by atoms with van der Waals surface area (Å²) in [7, 11) is -6.18. The summed E-state index contributed by atoms with van der Waals surface area (Å²) in [6.07, 6.45) is -3.84. The van der Waals surface area contributed by atoms with Crippen molar-refractivity contribution in [2.45, 2.75) is 173 Å². The molecule has 1 saturated heterocycles. The largest absolute Gasteiger partial charge is 0.455 e. The molecule has 0 spiro atoms. The Labute approximate surface area is 322 Å². The Morgan fingerprint density at radius 1 is 0.925 bits per heavy atom. The van der Waals surface area contributed by atoms with E-state index in [1.165, 1.54) is 0 Å². The van der Waals surface area contributed by atoms with Crippen molar-refractivity contribution in [3.8, 4) is 0 Å². The van der Waals surface area contributed by atoms with Crippen LogP contribution in [-0.2, 0) is 27.5 Å². The molecular formula is C41H67O9Si3. The van der Waals surface area contributed by atoms with E-state index >= 15 is 4.79 Å². The molecule has 12 heteroatoms. The summed E-state index contributed by atoms with van der Waals surface area (Å²) in [4.78, 5) is 30.2. The lowest BCUT2D eigenvalue weighted by Crippen LogP contribution is -2.82. The standard InChI is InChI=1S/C41H67O9Si3/c1-13-52(14-2,15-3)48-29-25-41(50-51(11)12)36(47-37(44)28-22-20-19-21-23-28)34-39(10,35(43)33(42)32(27(29)7)38(41,8)9)30(24-31-40(34,45)26-46-31)49-53(16-4,17-5)18-6/h19-23,29-31,33-34,36,42,45H,13-18,24-26H2,1-12H3/t29-,30-,31+,33+,34-,36-,39+,40-,41+/m0/s1. The molecule has 4 aliphatic rings. The highest BCUT2D eigenvalue weighted by Gasteiger charge is 2.77. The number of rotatable bonds is 14. The number of ether oxygens (including phenoxy) is 2. The fraction of sp³-hybridized carbons (Fsp3) is 0.756. The number of carbonyl (C=O) groups excluding carboxylic acids is 2. The number of aliphatic hydroxyl groups is 2. The van der Waals surface area contributed by atoms with Gasteiger partial charge in [-0.2, -0.15) is 0 Å². The van der Waals surface area contributed by atoms with Crippen LogP contribution < -0.4 is 0 Å². The zero-order valence-corrected chi connectivity index (χ0v) is 37.5. The molecule has 3 aliphatic carbocycles. The van der Waals surface area contributed by atoms with Crippen LogP contribution in [0.25, 0.3) is 0 Å². The number of carbonyl (C=O) groups is 2. The van der Waals surface area contributed by atoms with Gasteiger partial charge in [0.2, 0.25) is 9.04 Å². The number of hydrogen-bond acceptors (Lipinski definition) is 9. The third-order valence-electron chi connectivity index (χ3n) is 14.6. The zero-order valence-electron chi connectivity index (χ0n) is 34.5. The number of esters is 1. The normalized spacial score (nSPS) is 35.6. The highest BCUT2D eigenvalue weighted by Crippen LogP contribution is 2.65. The van der Waals surface area contributed by atoms with Gasteiger partial charge in [0.1, 0.15) is 23.4 Å². The Morgan fingerprint density at radius 3 is 1.96 bits per heavy atom. The molecule has 1 aliphatic heterocycles. The van der Waals surface area contributed by atoms with Gasteiger partial charge in [0.05, 0.1) is 35.9 Å². The van der Waals surface area contributed by atoms with Gasteiger partial charge in [0.25, 0.3) is 0 Å². The molecule has 1 heterocycles. The molecule has 297 valence electrons. The van der Waals surface area contributed by atoms with Crippen molar-refractivity contribution in [1.29, 1.82) is 0 Å². The third kappa shape index (κ3) is 6.67. The van der Waals surface area contributed by atoms with Gasteiger partial charge in [0.15, 0.2) is 22.4 Å². The SMILES string of the molecule is CC[Si](CC)(CC)O[C@H]1C[C@@]2(O[Si](C)C)[C@@H](OC(=O)c3ccccc3)[C@@H]3[C@]4(O)CO[C@@H]4C[C@H](O[Si](CC)(CC)CC)[C@@]3(C)C(=O)[C@H](O)C(=C1C)C2(C)C. The summed E-state index contributed by atoms with van der Waals surface area (Å²) < 4.78 is 35.1. The first-order chi connectivity index (χ1) is 24.9. The van der Waals surface area contributed by atoms with Crippen molar-refractivity contribution in [3.63, 3.8) is 0 Å². The maximum Gasteiger partial charge on any atom is 0.338 e. The van der Waals surface area contributed by atoms with E-state index in [1.807, 2.05) is 33.8 Å². The van der Waals surface area contributed by atoms with Crippen molar-refractivity contribution >= 4 is 37.4 Å². The number of hydrogen-bond donors (Lipinski definition) is 2. The molecular weight excluding hydrogens is 721 g/mol. The van der Waals surface area contributed by atoms with Gasteiger partial charge in [-0.15, -0.1) is 0 Å². The van der Waals surface area contributed by atoms with Gasteiger partial charge >= 0.3 is 5.97 Å². The highest BCUT2D eigenvalue weighted by molar-refractivity contribution is 6.74. The molecule has 53 heavy (non-hydrogen) atoms. The first-order valence-corrected chi connectivity index (χ1v) is 27.7. The van der Waals surface area contributed by atoms with Gasteiger partial charge in [-0.1, -0.05) is 73.6 Å². The molecule has 9 nitrogen and oxygen atoms in total. The fourth-order valence-corrected chi connectivity index (χ4v) is 17.7. The van der Waals surface area contributed by atoms with Crippen LogP contribution in [0.15, 0.2) is 41.5 Å². The molecule has 2 saturated carbocycles. The van der Waals surface area contributed by atoms with E-state index in [-0.39, 0.29) is 6.61 Å². The van der Waals surface area contributed by atoms with E-state index in [4.69, 9.17) is 22.8 Å². The minimum atomic E-state index is -2.37. The van der Waals surface area contributed by atoms with Crippen LogP contribution in [0.4, 0.5) is 0 Å². The second-order valence-electron chi connectivity index (χ2n) is 17.3. The summed E-state index contributed by atoms with van der Waals surface area (Å²) >= 11 is 0. The number of benzene rings is 1. The second kappa shape index (κ2) is 15.5. The lowest BCUT2D eigenvalue weighted by Gasteiger charge is -2.69. The second-order valence-corrected chi connectivity index (χ2v) is 28.7. The van der Waals surface area contributed by atoms with E-state index in [1.54, 1.807) is 24.3 Å². The summed E-state index contributed by atoms with van der Waals surface area (Å²) in [6.45, 7) is 25.0. The summed E-state index contributed by atoms with van der Waals surface area (Å²) in [5.74, 6) is -2.00. The van der Waals surface area contributed by atoms with Crippen LogP contribution in [0.2, 0.25) is 49.4 Å². The van der Waals surface area contributed by atoms with Crippen LogP contribution in [0.3, 0.4) is 0 Å². The van der Waals surface area contributed by atoms with Gasteiger partial charge in [0, 0.05) is 24.2 Å². The minimum absolute atomic E-state index is 0.0307. The predicted molar refractivity (Wildman–Crippen MR) is 214 cm³/mol. The molecule has 1 aromatic carbocycles. The van der Waals surface area contributed by atoms with Gasteiger partial charge in [-0.25, -0.2) is 4.79 Å². The van der Waals surface area contributed by atoms with E-state index in [2.05, 4.69) is 54.6 Å². The van der Waals surface area contributed by atoms with E-state index in [0.717, 1.165) is 41.8 Å². The van der Waals surface area contributed by atoms with Gasteiger partial charge in [-0.3, -0.25) is 4.79 Å². The lowest BCUT2D eigenvalue weighted by atomic mass is 9.44. The van der Waals surface area contributed by atoms with Crippen molar-refractivity contribution in [3.05, 3.63) is 47.0 Å². The van der Waals surface area contributed by atoms with Crippen molar-refractivity contribution in [2.24, 2.45) is 16.7 Å². The molecule has 0 amide bonds. The molecule has 0 unspecified atom stereocenters. The zero-order chi connectivity index (χ0) is 39.4. The number of ketones is 1. The van der Waals surface area contributed by atoms with Crippen LogP contribution in [0.5, 0.6) is 0 Å². The van der Waals surface area contributed by atoms with E-state index < -0.39 is 95.9 Å². The van der Waals surface area contributed by atoms with Gasteiger partial charge < -0.3 is 33.0 Å². The number of aliphatic hydroxyl groups excluding tert-OH is 1. The predicted octanol–water partition coefficient (Wildman–Crippen LogP) is 7.85. The van der Waals surface area contributed by atoms with Crippen molar-refractivity contribution in [1.82, 2.24) is 0 Å². The minimum Gasteiger partial charge on any atom is -0.455 e. The van der Waals surface area contributed by atoms with Gasteiger partial charge in [-0.05, 0) is 86.5 Å². The Kier molecular flexibility index (Phi) is 12.4. The van der Waals surface area contributed by atoms with Crippen LogP contribution >= 0.6 is 0 Å². The highest BCUT2D eigenvalue weighted by atomic mass is 28.4. The molecule has 2 bridgehead atoms. The van der Waals surface area contributed by atoms with Crippen molar-refractivity contribution in [2.75, 3.05) is 6.61 Å². The maximum absolute atomic E-state index is 15.6. The Bertz CT molecular complexity index is 1510. The molecule has 1 radical (unpaired) electrons. The Morgan fingerprint density at radius 2 is 1.47 bits per heavy atom. The summed E-state index contributed by atoms with van der Waals surface area (Å²) in [6, 6.07) is 14.2. The van der Waals surface area contributed by atoms with Crippen LogP contribution in [0.1, 0.15) is 92.4 Å². The lowest BCUT2D eigenvalue weighted by molar-refractivity contribution is -0.340. The van der Waals surface area contributed by atoms with Crippen LogP contribution in [0, 0.1) is 16.7 Å². The Balaban J connectivity index is 1.88. The molecule has 5 rings (SSSR count). The fourth-order valence-electron chi connectivity index (χ4n) is 10.7. The topological polar surface area (TPSA) is 121 Å².